The van der Waals surface area contributed by atoms with Crippen molar-refractivity contribution in [1.82, 2.24) is 0 Å². The van der Waals surface area contributed by atoms with E-state index in [0.29, 0.717) is 10.6 Å². The molecule has 2 nitrogen and oxygen atoms in total. The fourth-order valence-corrected chi connectivity index (χ4v) is 3.04. The monoisotopic (exact) mass is 435 g/mol. The minimum absolute atomic E-state index is 0.220. The van der Waals surface area contributed by atoms with Crippen molar-refractivity contribution in [3.05, 3.63) is 61.1 Å². The van der Waals surface area contributed by atoms with Gasteiger partial charge in [-0.15, -0.1) is 0 Å². The fraction of sp³-hybridized carbons (Fsp3) is 0. The van der Waals surface area contributed by atoms with E-state index in [-0.39, 0.29) is 5.91 Å². The van der Waals surface area contributed by atoms with Gasteiger partial charge in [-0.2, -0.15) is 0 Å². The molecule has 2 rings (SSSR count). The summed E-state index contributed by atoms with van der Waals surface area (Å²) in [4.78, 5) is 12.1. The quantitative estimate of drug-likeness (QED) is 0.663. The van der Waals surface area contributed by atoms with Gasteiger partial charge in [-0.25, -0.2) is 0 Å². The first kappa shape index (κ1) is 13.8. The average molecular weight is 436 g/mol. The van der Waals surface area contributed by atoms with Crippen molar-refractivity contribution in [2.75, 3.05) is 5.32 Å². The molecule has 5 heteroatoms. The molecule has 0 bridgehead atoms. The molecule has 92 valence electrons. The Hall–Kier alpha value is -0.590. The summed E-state index contributed by atoms with van der Waals surface area (Å²) in [6.07, 6.45) is 0. The molecule has 0 saturated carbocycles. The van der Waals surface area contributed by atoms with Crippen molar-refractivity contribution in [2.24, 2.45) is 0 Å². The first-order valence-electron chi connectivity index (χ1n) is 5.09. The summed E-state index contributed by atoms with van der Waals surface area (Å²) in [5.41, 5.74) is 1.19. The highest BCUT2D eigenvalue weighted by molar-refractivity contribution is 14.1. The summed E-state index contributed by atoms with van der Waals surface area (Å²) in [5.74, 6) is -0.220. The number of rotatable bonds is 2. The van der Waals surface area contributed by atoms with Crippen molar-refractivity contribution >= 4 is 61.7 Å². The Balaban J connectivity index is 2.24. The normalized spacial score (nSPS) is 10.2. The van der Waals surface area contributed by atoms with Gasteiger partial charge in [0.1, 0.15) is 0 Å². The predicted molar refractivity (Wildman–Crippen MR) is 86.3 cm³/mol. The maximum atomic E-state index is 12.1. The van der Waals surface area contributed by atoms with E-state index >= 15 is 0 Å². The van der Waals surface area contributed by atoms with Crippen LogP contribution in [0.1, 0.15) is 10.4 Å². The maximum Gasteiger partial charge on any atom is 0.257 e. The highest BCUT2D eigenvalue weighted by Gasteiger charge is 2.11. The number of nitrogens with one attached hydrogen (secondary N) is 1. The lowest BCUT2D eigenvalue weighted by molar-refractivity contribution is 0.102. The minimum atomic E-state index is -0.220. The molecule has 18 heavy (non-hydrogen) atoms. The van der Waals surface area contributed by atoms with Crippen LogP contribution in [-0.4, -0.2) is 5.91 Å². The zero-order valence-electron chi connectivity index (χ0n) is 9.08. The average Bonchev–Trinajstić information content (AvgIpc) is 2.33. The summed E-state index contributed by atoms with van der Waals surface area (Å²) >= 11 is 11.6. The van der Waals surface area contributed by atoms with Gasteiger partial charge in [0.05, 0.1) is 16.3 Å². The lowest BCUT2D eigenvalue weighted by atomic mass is 10.2. The van der Waals surface area contributed by atoms with Gasteiger partial charge in [-0.3, -0.25) is 4.79 Å². The van der Waals surface area contributed by atoms with Crippen LogP contribution in [0.2, 0.25) is 5.02 Å². The van der Waals surface area contributed by atoms with Crippen LogP contribution in [0.15, 0.2) is 46.9 Å². The Kier molecular flexibility index (Phi) is 4.64. The van der Waals surface area contributed by atoms with Crippen LogP contribution in [0.25, 0.3) is 0 Å². The standard InChI is InChI=1S/C13H8BrClINO/c14-10-7-8(16)5-6-12(10)17-13(18)9-3-1-2-4-11(9)15/h1-7H,(H,17,18). The van der Waals surface area contributed by atoms with E-state index in [2.05, 4.69) is 43.8 Å². The molecule has 0 aliphatic heterocycles. The van der Waals surface area contributed by atoms with Gasteiger partial charge in [0.2, 0.25) is 0 Å². The third-order valence-electron chi connectivity index (χ3n) is 2.30. The van der Waals surface area contributed by atoms with E-state index < -0.39 is 0 Å². The summed E-state index contributed by atoms with van der Waals surface area (Å²) in [7, 11) is 0. The van der Waals surface area contributed by atoms with E-state index in [1.54, 1.807) is 24.3 Å². The van der Waals surface area contributed by atoms with Crippen molar-refractivity contribution in [3.63, 3.8) is 0 Å². The zero-order valence-corrected chi connectivity index (χ0v) is 13.6. The molecule has 0 radical (unpaired) electrons. The molecule has 2 aromatic rings. The largest absolute Gasteiger partial charge is 0.321 e. The van der Waals surface area contributed by atoms with E-state index in [1.165, 1.54) is 0 Å². The number of amides is 1. The van der Waals surface area contributed by atoms with Gasteiger partial charge in [0.15, 0.2) is 0 Å². The van der Waals surface area contributed by atoms with Crippen molar-refractivity contribution < 1.29 is 4.79 Å². The molecule has 1 N–H and O–H groups in total. The Morgan fingerprint density at radius 1 is 1.22 bits per heavy atom. The summed E-state index contributed by atoms with van der Waals surface area (Å²) in [6, 6.07) is 12.7. The highest BCUT2D eigenvalue weighted by atomic mass is 127. The van der Waals surface area contributed by atoms with Crippen molar-refractivity contribution in [1.29, 1.82) is 0 Å². The van der Waals surface area contributed by atoms with Gasteiger partial charge in [-0.05, 0) is 68.9 Å². The Morgan fingerprint density at radius 2 is 1.94 bits per heavy atom. The van der Waals surface area contributed by atoms with Crippen molar-refractivity contribution in [2.45, 2.75) is 0 Å². The Bertz CT molecular complexity index is 603. The maximum absolute atomic E-state index is 12.1. The third kappa shape index (κ3) is 3.24. The van der Waals surface area contributed by atoms with Crippen LogP contribution in [0, 0.1) is 3.57 Å². The van der Waals surface area contributed by atoms with Gasteiger partial charge >= 0.3 is 0 Å². The molecule has 0 atom stereocenters. The number of anilines is 1. The molecule has 0 aliphatic rings. The lowest BCUT2D eigenvalue weighted by Crippen LogP contribution is -2.12. The molecular weight excluding hydrogens is 428 g/mol. The predicted octanol–water partition coefficient (Wildman–Crippen LogP) is 4.96. The zero-order chi connectivity index (χ0) is 13.1. The first-order valence-corrected chi connectivity index (χ1v) is 7.34. The van der Waals surface area contributed by atoms with Gasteiger partial charge in [0.25, 0.3) is 5.91 Å². The molecule has 0 spiro atoms. The van der Waals surface area contributed by atoms with Crippen LogP contribution >= 0.6 is 50.1 Å². The molecule has 0 heterocycles. The third-order valence-corrected chi connectivity index (χ3v) is 3.95. The highest BCUT2D eigenvalue weighted by Crippen LogP contribution is 2.25. The number of carbonyl (C=O) groups excluding carboxylic acids is 1. The summed E-state index contributed by atoms with van der Waals surface area (Å²) in [6.45, 7) is 0. The Labute approximate surface area is 132 Å². The molecule has 0 aliphatic carbocycles. The van der Waals surface area contributed by atoms with E-state index in [4.69, 9.17) is 11.6 Å². The first-order chi connectivity index (χ1) is 8.58. The molecular formula is C13H8BrClINO. The second-order valence-electron chi connectivity index (χ2n) is 3.56. The number of hydrogen-bond donors (Lipinski definition) is 1. The summed E-state index contributed by atoms with van der Waals surface area (Å²) in [5, 5.41) is 3.26. The Morgan fingerprint density at radius 3 is 2.61 bits per heavy atom. The van der Waals surface area contributed by atoms with Crippen LogP contribution < -0.4 is 5.32 Å². The smallest absolute Gasteiger partial charge is 0.257 e. The van der Waals surface area contributed by atoms with Gasteiger partial charge < -0.3 is 5.32 Å². The topological polar surface area (TPSA) is 29.1 Å². The van der Waals surface area contributed by atoms with Gasteiger partial charge in [-0.1, -0.05) is 23.7 Å². The fourth-order valence-electron chi connectivity index (χ4n) is 1.43. The molecule has 1 amide bonds. The van der Waals surface area contributed by atoms with Gasteiger partial charge in [0, 0.05) is 8.04 Å². The van der Waals surface area contributed by atoms with Crippen molar-refractivity contribution in [3.8, 4) is 0 Å². The number of halogens is 3. The molecule has 0 fully saturated rings. The van der Waals surface area contributed by atoms with E-state index in [0.717, 1.165) is 13.7 Å². The second-order valence-corrected chi connectivity index (χ2v) is 6.07. The molecule has 0 aromatic heterocycles. The number of benzene rings is 2. The van der Waals surface area contributed by atoms with E-state index in [1.807, 2.05) is 18.2 Å². The van der Waals surface area contributed by atoms with E-state index in [9.17, 15) is 4.79 Å². The minimum Gasteiger partial charge on any atom is -0.321 e. The lowest BCUT2D eigenvalue weighted by Gasteiger charge is -2.08. The number of hydrogen-bond acceptors (Lipinski definition) is 1. The number of carbonyl (C=O) groups is 1. The summed E-state index contributed by atoms with van der Waals surface area (Å²) < 4.78 is 1.94. The van der Waals surface area contributed by atoms with Crippen LogP contribution in [0.4, 0.5) is 5.69 Å². The van der Waals surface area contributed by atoms with Crippen LogP contribution in [0.3, 0.4) is 0 Å². The molecule has 2 aromatic carbocycles. The van der Waals surface area contributed by atoms with Crippen LogP contribution in [0.5, 0.6) is 0 Å². The molecule has 0 saturated heterocycles. The SMILES string of the molecule is O=C(Nc1ccc(I)cc1Br)c1ccccc1Cl. The molecule has 0 unspecified atom stereocenters. The van der Waals surface area contributed by atoms with Crippen LogP contribution in [-0.2, 0) is 0 Å². The second kappa shape index (κ2) is 6.04.